The van der Waals surface area contributed by atoms with Crippen LogP contribution in [0.3, 0.4) is 0 Å². The third-order valence-corrected chi connectivity index (χ3v) is 16.2. The van der Waals surface area contributed by atoms with Crippen LogP contribution in [0.4, 0.5) is 0 Å². The van der Waals surface area contributed by atoms with Gasteiger partial charge in [-0.1, -0.05) is 36.4 Å². The van der Waals surface area contributed by atoms with Crippen LogP contribution in [0.1, 0.15) is 104 Å². The Balaban J connectivity index is 0.000000247. The molecule has 464 valence electrons. The zero-order valence-corrected chi connectivity index (χ0v) is 52.3. The van der Waals surface area contributed by atoms with Gasteiger partial charge in [-0.15, -0.1) is 0 Å². The molecule has 2 aromatic carbocycles. The van der Waals surface area contributed by atoms with E-state index < -0.39 is 69.3 Å². The quantitative estimate of drug-likeness (QED) is 0.0456. The Morgan fingerprint density at radius 2 is 0.826 bits per heavy atom. The zero-order chi connectivity index (χ0) is 63.1. The summed E-state index contributed by atoms with van der Waals surface area (Å²) >= 11 is 0. The van der Waals surface area contributed by atoms with Crippen LogP contribution in [0.25, 0.3) is 21.8 Å². The lowest BCUT2D eigenvalue weighted by Crippen LogP contribution is -2.52. The first kappa shape index (κ1) is 66.0. The van der Waals surface area contributed by atoms with Crippen molar-refractivity contribution >= 4 is 72.6 Å². The summed E-state index contributed by atoms with van der Waals surface area (Å²) < 4.78 is 78.4. The van der Waals surface area contributed by atoms with E-state index in [0.717, 1.165) is 0 Å². The minimum Gasteiger partial charge on any atom is -0.494 e. The fraction of sp³-hybridized carbons (Fsp3) is 0.448. The van der Waals surface area contributed by atoms with Gasteiger partial charge in [0.25, 0.3) is 35.2 Å². The predicted molar refractivity (Wildman–Crippen MR) is 314 cm³/mol. The van der Waals surface area contributed by atoms with Crippen molar-refractivity contribution < 1.29 is 84.4 Å². The molecule has 0 radical (unpaired) electrons. The average molecular weight is 1230 g/mol. The minimum atomic E-state index is -4.50. The molecule has 26 nitrogen and oxygen atoms in total. The number of amides is 4. The Labute approximate surface area is 498 Å². The number of pyridine rings is 2. The van der Waals surface area contributed by atoms with Gasteiger partial charge in [0.15, 0.2) is 0 Å². The molecular weight excluding hydrogens is 1160 g/mol. The summed E-state index contributed by atoms with van der Waals surface area (Å²) in [4.78, 5) is 105. The Hall–Kier alpha value is -7.54. The van der Waals surface area contributed by atoms with Crippen LogP contribution >= 0.6 is 15.6 Å². The largest absolute Gasteiger partial charge is 0.494 e. The SMILES string of the molecule is COc1cnc(OC)c2c1c(C(=O)C(=O)N1CCN(C(=O)c3ccccc3)CC1)cn2COP(=O)(O)OC(C)(C)C.COc1cnc(OC)c2c1c(C(=O)C(=O)N1CCN(C(=O)c3ccccc3)CC1)cn2COP(=O)(OC(C)(C)C)OC(C)(C)C. The van der Waals surface area contributed by atoms with Gasteiger partial charge in [0.2, 0.25) is 11.8 Å². The highest BCUT2D eigenvalue weighted by Gasteiger charge is 2.40. The van der Waals surface area contributed by atoms with Crippen molar-refractivity contribution in [1.29, 1.82) is 0 Å². The molecule has 1 unspecified atom stereocenters. The lowest BCUT2D eigenvalue weighted by molar-refractivity contribution is -0.128. The molecule has 6 aromatic rings. The molecular formula is C58H74N8O18P2. The zero-order valence-electron chi connectivity index (χ0n) is 50.5. The van der Waals surface area contributed by atoms with Crippen molar-refractivity contribution in [3.05, 3.63) is 108 Å². The topological polar surface area (TPSA) is 288 Å². The van der Waals surface area contributed by atoms with E-state index in [1.165, 1.54) is 72.2 Å². The summed E-state index contributed by atoms with van der Waals surface area (Å²) in [6, 6.07) is 17.7. The maximum atomic E-state index is 13.8. The third kappa shape index (κ3) is 16.1. The van der Waals surface area contributed by atoms with Gasteiger partial charge in [0, 0.05) is 75.9 Å². The Kier molecular flexibility index (Phi) is 20.7. The van der Waals surface area contributed by atoms with Crippen LogP contribution in [-0.2, 0) is 54.8 Å². The van der Waals surface area contributed by atoms with Gasteiger partial charge in [0.1, 0.15) is 36.0 Å². The smallest absolute Gasteiger partial charge is 0.477 e. The summed E-state index contributed by atoms with van der Waals surface area (Å²) in [5, 5.41) is 0.496. The van der Waals surface area contributed by atoms with Crippen molar-refractivity contribution in [2.24, 2.45) is 0 Å². The number of carbonyl (C=O) groups excluding carboxylic acids is 6. The van der Waals surface area contributed by atoms with Crippen LogP contribution in [-0.4, -0.2) is 176 Å². The molecule has 8 rings (SSSR count). The number of nitrogens with zero attached hydrogens (tertiary/aromatic N) is 8. The van der Waals surface area contributed by atoms with Gasteiger partial charge in [-0.3, -0.25) is 51.4 Å². The molecule has 0 bridgehead atoms. The fourth-order valence-corrected chi connectivity index (χ4v) is 12.1. The molecule has 28 heteroatoms. The first-order valence-electron chi connectivity index (χ1n) is 27.3. The number of fused-ring (bicyclic) bond motifs is 2. The summed E-state index contributed by atoms with van der Waals surface area (Å²) in [5.41, 5.74) is -1.11. The number of hydrogen-bond acceptors (Lipinski definition) is 19. The molecule has 0 spiro atoms. The van der Waals surface area contributed by atoms with Crippen molar-refractivity contribution in [2.75, 3.05) is 80.8 Å². The molecule has 2 fully saturated rings. The number of methoxy groups -OCH3 is 4. The van der Waals surface area contributed by atoms with Crippen molar-refractivity contribution in [1.82, 2.24) is 38.7 Å². The van der Waals surface area contributed by atoms with Gasteiger partial charge in [-0.25, -0.2) is 19.1 Å². The molecule has 1 N–H and O–H groups in total. The molecule has 0 aliphatic carbocycles. The van der Waals surface area contributed by atoms with Crippen molar-refractivity contribution in [3.63, 3.8) is 0 Å². The number of benzene rings is 2. The maximum Gasteiger partial charge on any atom is 0.477 e. The van der Waals surface area contributed by atoms with Crippen molar-refractivity contribution in [2.45, 2.75) is 92.6 Å². The average Bonchev–Trinajstić information content (AvgIpc) is 1.68. The Morgan fingerprint density at radius 3 is 1.15 bits per heavy atom. The van der Waals surface area contributed by atoms with E-state index in [4.69, 9.17) is 41.6 Å². The van der Waals surface area contributed by atoms with E-state index in [1.807, 2.05) is 12.1 Å². The molecule has 86 heavy (non-hydrogen) atoms. The second kappa shape index (κ2) is 27.0. The van der Waals surface area contributed by atoms with E-state index in [9.17, 15) is 42.8 Å². The van der Waals surface area contributed by atoms with E-state index in [0.29, 0.717) is 11.1 Å². The van der Waals surface area contributed by atoms with E-state index in [2.05, 4.69) is 9.97 Å². The summed E-state index contributed by atoms with van der Waals surface area (Å²) in [7, 11) is -3.07. The van der Waals surface area contributed by atoms with Gasteiger partial charge in [-0.05, 0) is 86.6 Å². The van der Waals surface area contributed by atoms with Gasteiger partial charge in [0.05, 0.1) is 79.5 Å². The number of Topliss-reactive ketones (excluding diaryl/α,β-unsaturated/α-hetero) is 2. The van der Waals surface area contributed by atoms with Gasteiger partial charge >= 0.3 is 15.6 Å². The maximum absolute atomic E-state index is 13.8. The lowest BCUT2D eigenvalue weighted by atomic mass is 10.1. The first-order valence-corrected chi connectivity index (χ1v) is 30.3. The Morgan fingerprint density at radius 1 is 0.488 bits per heavy atom. The highest BCUT2D eigenvalue weighted by Crippen LogP contribution is 2.56. The molecule has 2 aliphatic rings. The van der Waals surface area contributed by atoms with Crippen molar-refractivity contribution in [3.8, 4) is 23.3 Å². The summed E-state index contributed by atoms with van der Waals surface area (Å²) in [6.45, 7) is 16.0. The highest BCUT2D eigenvalue weighted by atomic mass is 31.2. The summed E-state index contributed by atoms with van der Waals surface area (Å²) in [6.07, 6.45) is 5.47. The molecule has 0 saturated carbocycles. The predicted octanol–water partition coefficient (Wildman–Crippen LogP) is 8.04. The number of carbonyl (C=O) groups is 6. The fourth-order valence-electron chi connectivity index (χ4n) is 9.36. The number of hydrogen-bond donors (Lipinski definition) is 1. The van der Waals surface area contributed by atoms with E-state index >= 15 is 0 Å². The number of piperazine rings is 2. The van der Waals surface area contributed by atoms with Crippen LogP contribution in [0.15, 0.2) is 85.5 Å². The standard InChI is InChI=1S/C31H41N4O9P.C27H33N4O9P/c1-30(2,3)43-45(39,44-31(4,5)6)42-20-35-19-22(24-23(40-7)18-32-27(41-8)25(24)35)26(36)29(38)34-16-14-33(15-17-34)28(37)21-12-10-9-11-13-21;1-27(2,3)40-41(35,36)39-17-31-16-19(21-20(37-4)15-28-24(38-5)22(21)31)23(32)26(34)30-13-11-29(12-14-30)25(33)18-9-7-6-8-10-18/h9-13,18-19H,14-17,20H2,1-8H3;6-10,15-16H,11-14,17H2,1-5H3,(H,35,36). The highest BCUT2D eigenvalue weighted by molar-refractivity contribution is 7.48. The number of ether oxygens (including phenoxy) is 4. The number of phosphoric acid groups is 2. The third-order valence-electron chi connectivity index (χ3n) is 13.0. The van der Waals surface area contributed by atoms with E-state index in [1.54, 1.807) is 121 Å². The van der Waals surface area contributed by atoms with Crippen LogP contribution in [0.5, 0.6) is 23.3 Å². The number of aromatic nitrogens is 4. The monoisotopic (exact) mass is 1230 g/mol. The normalized spacial score (nSPS) is 15.0. The molecule has 4 amide bonds. The van der Waals surface area contributed by atoms with Crippen LogP contribution in [0.2, 0.25) is 0 Å². The van der Waals surface area contributed by atoms with Gasteiger partial charge in [-0.2, -0.15) is 0 Å². The lowest BCUT2D eigenvalue weighted by Gasteiger charge is -2.34. The second-order valence-electron chi connectivity index (χ2n) is 22.7. The molecule has 2 saturated heterocycles. The second-order valence-corrected chi connectivity index (χ2v) is 25.6. The first-order chi connectivity index (χ1) is 40.4. The minimum absolute atomic E-state index is 0.0160. The molecule has 6 heterocycles. The van der Waals surface area contributed by atoms with Gasteiger partial charge < -0.3 is 52.6 Å². The number of ketones is 2. The number of phosphoric ester groups is 2. The summed E-state index contributed by atoms with van der Waals surface area (Å²) in [5.74, 6) is -2.81. The molecule has 4 aromatic heterocycles. The molecule has 1 atom stereocenters. The van der Waals surface area contributed by atoms with Crippen LogP contribution in [0, 0.1) is 0 Å². The molecule has 2 aliphatic heterocycles. The van der Waals surface area contributed by atoms with Crippen LogP contribution < -0.4 is 18.9 Å². The van der Waals surface area contributed by atoms with E-state index in [-0.39, 0.29) is 120 Å². The Bertz CT molecular complexity index is 3540. The number of rotatable bonds is 19.